The summed E-state index contributed by atoms with van der Waals surface area (Å²) in [6, 6.07) is 8.32. The van der Waals surface area contributed by atoms with Gasteiger partial charge in [-0.15, -0.1) is 11.8 Å². The van der Waals surface area contributed by atoms with Crippen molar-refractivity contribution in [2.75, 3.05) is 33.7 Å². The van der Waals surface area contributed by atoms with Crippen molar-refractivity contribution in [2.45, 2.75) is 6.92 Å². The van der Waals surface area contributed by atoms with Gasteiger partial charge in [0.25, 0.3) is 0 Å². The summed E-state index contributed by atoms with van der Waals surface area (Å²) < 4.78 is 41.8. The predicted octanol–water partition coefficient (Wildman–Crippen LogP) is 4.61. The number of benzene rings is 2. The fourth-order valence-corrected chi connectivity index (χ4v) is 3.76. The van der Waals surface area contributed by atoms with E-state index in [1.54, 1.807) is 37.4 Å². The second-order valence-electron chi connectivity index (χ2n) is 7.03. The number of aryl methyl sites for hydroxylation is 1. The smallest absolute Gasteiger partial charge is 0.434 e. The van der Waals surface area contributed by atoms with Gasteiger partial charge in [0, 0.05) is 18.1 Å². The van der Waals surface area contributed by atoms with Crippen molar-refractivity contribution in [3.05, 3.63) is 47.6 Å². The Morgan fingerprint density at radius 3 is 2.46 bits per heavy atom. The molecule has 182 valence electrons. The minimum absolute atomic E-state index is 0.0148. The maximum absolute atomic E-state index is 15.7. The van der Waals surface area contributed by atoms with Gasteiger partial charge in [-0.3, -0.25) is 0 Å². The molecule has 2 heterocycles. The molecule has 35 heavy (non-hydrogen) atoms. The Morgan fingerprint density at radius 2 is 1.86 bits per heavy atom. The molecule has 0 fully saturated rings. The van der Waals surface area contributed by atoms with Crippen LogP contribution in [0, 0.1) is 12.7 Å². The number of rotatable bonds is 5. The monoisotopic (exact) mass is 500 g/mol. The van der Waals surface area contributed by atoms with E-state index < -0.39 is 11.9 Å². The third-order valence-electron chi connectivity index (χ3n) is 4.85. The number of halogens is 1. The largest absolute Gasteiger partial charge is 0.493 e. The zero-order valence-corrected chi connectivity index (χ0v) is 20.1. The number of nitrogens with zero attached hydrogens (tertiary/aromatic N) is 4. The van der Waals surface area contributed by atoms with Crippen LogP contribution in [-0.4, -0.2) is 60.7 Å². The predicted molar refractivity (Wildman–Crippen MR) is 128 cm³/mol. The SMILES string of the molecule is COC(=O)/N=C(\SC)C(=Nc1ccc(-c2noc(C)n2)cc1)c1cc(OC)c2c(c1F)OCCO2. The number of thioether (sulfide) groups is 1. The average Bonchev–Trinajstić information content (AvgIpc) is 3.33. The number of methoxy groups -OCH3 is 2. The van der Waals surface area contributed by atoms with Crippen LogP contribution in [0.3, 0.4) is 0 Å². The molecule has 0 unspecified atom stereocenters. The molecule has 1 aromatic heterocycles. The number of hydrogen-bond donors (Lipinski definition) is 0. The summed E-state index contributed by atoms with van der Waals surface area (Å²) in [5, 5.41) is 4.03. The Kier molecular flexibility index (Phi) is 7.30. The maximum Gasteiger partial charge on any atom is 0.434 e. The summed E-state index contributed by atoms with van der Waals surface area (Å²) in [7, 11) is 2.63. The van der Waals surface area contributed by atoms with Crippen LogP contribution in [0.15, 0.2) is 44.8 Å². The molecule has 0 aliphatic carbocycles. The molecule has 4 rings (SSSR count). The van der Waals surface area contributed by atoms with Gasteiger partial charge < -0.3 is 23.5 Å². The van der Waals surface area contributed by atoms with Crippen LogP contribution < -0.4 is 14.2 Å². The summed E-state index contributed by atoms with van der Waals surface area (Å²) in [6.45, 7) is 2.13. The van der Waals surface area contributed by atoms with Gasteiger partial charge in [-0.25, -0.2) is 14.2 Å². The number of carbonyl (C=O) groups excluding carboxylic acids is 1. The maximum atomic E-state index is 15.7. The van der Waals surface area contributed by atoms with E-state index in [0.717, 1.165) is 11.8 Å². The first-order chi connectivity index (χ1) is 16.9. The number of fused-ring (bicyclic) bond motifs is 1. The van der Waals surface area contributed by atoms with Crippen molar-refractivity contribution in [3.8, 4) is 28.6 Å². The number of ether oxygens (including phenoxy) is 4. The second kappa shape index (κ2) is 10.6. The normalized spacial score (nSPS) is 13.5. The molecular weight excluding hydrogens is 479 g/mol. The van der Waals surface area contributed by atoms with E-state index in [9.17, 15) is 4.79 Å². The van der Waals surface area contributed by atoms with E-state index >= 15 is 4.39 Å². The van der Waals surface area contributed by atoms with Crippen molar-refractivity contribution >= 4 is 34.3 Å². The Morgan fingerprint density at radius 1 is 1.14 bits per heavy atom. The fourth-order valence-electron chi connectivity index (χ4n) is 3.25. The first kappa shape index (κ1) is 24.2. The van der Waals surface area contributed by atoms with E-state index in [1.165, 1.54) is 20.3 Å². The van der Waals surface area contributed by atoms with Gasteiger partial charge in [0.1, 0.15) is 24.0 Å². The van der Waals surface area contributed by atoms with Gasteiger partial charge in [-0.05, 0) is 36.6 Å². The summed E-state index contributed by atoms with van der Waals surface area (Å²) in [4.78, 5) is 24.7. The summed E-state index contributed by atoms with van der Waals surface area (Å²) >= 11 is 1.10. The van der Waals surface area contributed by atoms with Crippen molar-refractivity contribution in [1.29, 1.82) is 0 Å². The lowest BCUT2D eigenvalue weighted by Crippen LogP contribution is -2.21. The topological polar surface area (TPSA) is 118 Å². The number of aromatic nitrogens is 2. The van der Waals surface area contributed by atoms with Gasteiger partial charge in [0.2, 0.25) is 23.2 Å². The lowest BCUT2D eigenvalue weighted by atomic mass is 10.1. The molecule has 12 heteroatoms. The third-order valence-corrected chi connectivity index (χ3v) is 5.52. The molecule has 0 N–H and O–H groups in total. The molecule has 1 aliphatic rings. The highest BCUT2D eigenvalue weighted by molar-refractivity contribution is 8.15. The van der Waals surface area contributed by atoms with Crippen molar-refractivity contribution in [2.24, 2.45) is 9.98 Å². The minimum atomic E-state index is -0.852. The molecule has 0 spiro atoms. The van der Waals surface area contributed by atoms with E-state index in [1.807, 2.05) is 0 Å². The Balaban J connectivity index is 1.86. The molecule has 0 saturated heterocycles. The Hall–Kier alpha value is -3.93. The van der Waals surface area contributed by atoms with E-state index in [2.05, 4.69) is 24.9 Å². The van der Waals surface area contributed by atoms with Crippen LogP contribution in [0.4, 0.5) is 14.9 Å². The molecular formula is C23H21FN4O6S. The number of aliphatic imine (C=N–C) groups is 2. The highest BCUT2D eigenvalue weighted by Gasteiger charge is 2.29. The zero-order chi connectivity index (χ0) is 24.9. The quantitative estimate of drug-likeness (QED) is 0.365. The average molecular weight is 501 g/mol. The van der Waals surface area contributed by atoms with Crippen molar-refractivity contribution < 1.29 is 32.7 Å². The standard InChI is InChI=1S/C23H21FN4O6S/c1-12-25-21(28-34-12)13-5-7-14(8-6-13)26-18(22(35-4)27-23(29)31-3)15-11-16(30-2)19-20(17(15)24)33-10-9-32-19/h5-8,11H,9-10H2,1-4H3/b26-18?,27-22-. The van der Waals surface area contributed by atoms with E-state index in [-0.39, 0.29) is 46.8 Å². The van der Waals surface area contributed by atoms with E-state index in [4.69, 9.17) is 18.7 Å². The number of amides is 1. The van der Waals surface area contributed by atoms with Crippen LogP contribution in [0.25, 0.3) is 11.4 Å². The minimum Gasteiger partial charge on any atom is -0.493 e. The summed E-state index contributed by atoms with van der Waals surface area (Å²) in [5.74, 6) is 0.471. The van der Waals surface area contributed by atoms with Crippen LogP contribution in [0.2, 0.25) is 0 Å². The fraction of sp³-hybridized carbons (Fsp3) is 0.261. The molecule has 1 amide bonds. The molecule has 0 bridgehead atoms. The lowest BCUT2D eigenvalue weighted by Gasteiger charge is -2.23. The van der Waals surface area contributed by atoms with Gasteiger partial charge in [-0.1, -0.05) is 5.16 Å². The Bertz CT molecular complexity index is 1310. The molecule has 1 aliphatic heterocycles. The number of carbonyl (C=O) groups is 1. The highest BCUT2D eigenvalue weighted by Crippen LogP contribution is 2.43. The molecule has 0 atom stereocenters. The lowest BCUT2D eigenvalue weighted by molar-refractivity contribution is 0.158. The first-order valence-corrected chi connectivity index (χ1v) is 11.5. The van der Waals surface area contributed by atoms with Crippen molar-refractivity contribution in [3.63, 3.8) is 0 Å². The molecule has 0 radical (unpaired) electrons. The zero-order valence-electron chi connectivity index (χ0n) is 19.3. The highest BCUT2D eigenvalue weighted by atomic mass is 32.2. The van der Waals surface area contributed by atoms with Crippen LogP contribution in [0.5, 0.6) is 17.2 Å². The Labute approximate surface area is 204 Å². The molecule has 0 saturated carbocycles. The second-order valence-corrected chi connectivity index (χ2v) is 7.83. The van der Waals surface area contributed by atoms with Gasteiger partial charge in [-0.2, -0.15) is 9.98 Å². The van der Waals surface area contributed by atoms with Crippen LogP contribution in [0.1, 0.15) is 11.5 Å². The van der Waals surface area contributed by atoms with Crippen molar-refractivity contribution in [1.82, 2.24) is 10.1 Å². The van der Waals surface area contributed by atoms with Crippen LogP contribution >= 0.6 is 11.8 Å². The van der Waals surface area contributed by atoms with Crippen LogP contribution in [-0.2, 0) is 4.74 Å². The number of hydrogen-bond acceptors (Lipinski definition) is 10. The van der Waals surface area contributed by atoms with E-state index in [0.29, 0.717) is 23.0 Å². The third kappa shape index (κ3) is 5.11. The molecule has 3 aromatic rings. The summed E-state index contributed by atoms with van der Waals surface area (Å²) in [5.41, 5.74) is 1.27. The molecule has 2 aromatic carbocycles. The summed E-state index contributed by atoms with van der Waals surface area (Å²) in [6.07, 6.45) is 0.835. The van der Waals surface area contributed by atoms with Gasteiger partial charge in [0.05, 0.1) is 19.9 Å². The molecule has 10 nitrogen and oxygen atoms in total. The van der Waals surface area contributed by atoms with Gasteiger partial charge >= 0.3 is 6.09 Å². The first-order valence-electron chi connectivity index (χ1n) is 10.3. The van der Waals surface area contributed by atoms with Gasteiger partial charge in [0.15, 0.2) is 11.6 Å².